The zero-order valence-electron chi connectivity index (χ0n) is 8.95. The molecule has 1 atom stereocenters. The van der Waals surface area contributed by atoms with E-state index in [1.54, 1.807) is 0 Å². The van der Waals surface area contributed by atoms with E-state index < -0.39 is 5.54 Å². The zero-order valence-corrected chi connectivity index (χ0v) is 8.95. The van der Waals surface area contributed by atoms with E-state index >= 15 is 0 Å². The van der Waals surface area contributed by atoms with Crippen LogP contribution in [0.1, 0.15) is 26.2 Å². The molecule has 0 aromatic heterocycles. The predicted octanol–water partition coefficient (Wildman–Crippen LogP) is 0.635. The molecule has 0 spiro atoms. The minimum atomic E-state index is -0.408. The van der Waals surface area contributed by atoms with Gasteiger partial charge in [-0.3, -0.25) is 4.79 Å². The number of esters is 1. The summed E-state index contributed by atoms with van der Waals surface area (Å²) < 4.78 is 4.88. The Labute approximate surface area is 84.8 Å². The molecule has 0 saturated carbocycles. The van der Waals surface area contributed by atoms with Crippen molar-refractivity contribution < 1.29 is 9.53 Å². The van der Waals surface area contributed by atoms with Crippen molar-refractivity contribution in [1.29, 1.82) is 0 Å². The van der Waals surface area contributed by atoms with Gasteiger partial charge in [-0.1, -0.05) is 0 Å². The first kappa shape index (κ1) is 9.93. The van der Waals surface area contributed by atoms with Crippen molar-refractivity contribution >= 4 is 5.97 Å². The second-order valence-electron chi connectivity index (χ2n) is 4.30. The first-order valence-electron chi connectivity index (χ1n) is 5.29. The van der Waals surface area contributed by atoms with E-state index in [9.17, 15) is 4.79 Å². The van der Waals surface area contributed by atoms with E-state index in [1.165, 1.54) is 13.5 Å². The van der Waals surface area contributed by atoms with Crippen molar-refractivity contribution in [3.8, 4) is 0 Å². The summed E-state index contributed by atoms with van der Waals surface area (Å²) in [6.45, 7) is 5.16. The van der Waals surface area contributed by atoms with Crippen LogP contribution in [-0.2, 0) is 9.53 Å². The lowest BCUT2D eigenvalue weighted by atomic mass is 10.00. The largest absolute Gasteiger partial charge is 0.468 e. The maximum absolute atomic E-state index is 11.7. The van der Waals surface area contributed by atoms with Crippen LogP contribution in [0.15, 0.2) is 0 Å². The Morgan fingerprint density at radius 1 is 1.29 bits per heavy atom. The highest BCUT2D eigenvalue weighted by Crippen LogP contribution is 2.33. The lowest BCUT2D eigenvalue weighted by Gasteiger charge is -2.45. The van der Waals surface area contributed by atoms with Crippen LogP contribution in [0.25, 0.3) is 0 Å². The van der Waals surface area contributed by atoms with Gasteiger partial charge in [0.1, 0.15) is 5.54 Å². The molecule has 2 saturated heterocycles. The average molecular weight is 198 g/mol. The van der Waals surface area contributed by atoms with Crippen molar-refractivity contribution in [3.05, 3.63) is 0 Å². The smallest absolute Gasteiger partial charge is 0.327 e. The van der Waals surface area contributed by atoms with Gasteiger partial charge < -0.3 is 4.74 Å². The van der Waals surface area contributed by atoms with Crippen molar-refractivity contribution in [1.82, 2.24) is 10.0 Å². The quantitative estimate of drug-likeness (QED) is 0.609. The summed E-state index contributed by atoms with van der Waals surface area (Å²) in [5.41, 5.74) is -0.408. The second-order valence-corrected chi connectivity index (χ2v) is 4.30. The van der Waals surface area contributed by atoms with Crippen molar-refractivity contribution in [2.75, 3.05) is 26.7 Å². The fraction of sp³-hybridized carbons (Fsp3) is 0.900. The van der Waals surface area contributed by atoms with Gasteiger partial charge in [-0.2, -0.15) is 0 Å². The Bertz CT molecular complexity index is 240. The molecule has 4 nitrogen and oxygen atoms in total. The minimum Gasteiger partial charge on any atom is -0.468 e. The molecule has 0 radical (unpaired) electrons. The molecule has 0 aliphatic carbocycles. The number of hydrazine groups is 1. The molecule has 0 unspecified atom stereocenters. The number of hydrogen-bond acceptors (Lipinski definition) is 4. The number of nitrogens with zero attached hydrogens (tertiary/aromatic N) is 2. The molecular weight excluding hydrogens is 180 g/mol. The monoisotopic (exact) mass is 198 g/mol. The molecule has 80 valence electrons. The van der Waals surface area contributed by atoms with E-state index in [2.05, 4.69) is 10.0 Å². The Morgan fingerprint density at radius 3 is 2.50 bits per heavy atom. The Kier molecular flexibility index (Phi) is 2.49. The van der Waals surface area contributed by atoms with Crippen LogP contribution < -0.4 is 0 Å². The molecule has 14 heavy (non-hydrogen) atoms. The van der Waals surface area contributed by atoms with Gasteiger partial charge in [0.25, 0.3) is 0 Å². The maximum atomic E-state index is 11.7. The lowest BCUT2D eigenvalue weighted by Crippen LogP contribution is -2.60. The van der Waals surface area contributed by atoms with Crippen LogP contribution >= 0.6 is 0 Å². The Morgan fingerprint density at radius 2 is 2.00 bits per heavy atom. The van der Waals surface area contributed by atoms with Gasteiger partial charge in [0.2, 0.25) is 0 Å². The second kappa shape index (κ2) is 3.51. The van der Waals surface area contributed by atoms with Gasteiger partial charge >= 0.3 is 5.97 Å². The normalized spacial score (nSPS) is 34.1. The summed E-state index contributed by atoms with van der Waals surface area (Å²) in [4.78, 5) is 11.7. The van der Waals surface area contributed by atoms with Crippen molar-refractivity contribution in [2.45, 2.75) is 31.7 Å². The van der Waals surface area contributed by atoms with E-state index in [0.717, 1.165) is 32.5 Å². The molecule has 0 bridgehead atoms. The van der Waals surface area contributed by atoms with Gasteiger partial charge in [-0.25, -0.2) is 10.0 Å². The van der Waals surface area contributed by atoms with Crippen LogP contribution in [0.2, 0.25) is 0 Å². The van der Waals surface area contributed by atoms with E-state index in [0.29, 0.717) is 0 Å². The minimum absolute atomic E-state index is 0.0955. The summed E-state index contributed by atoms with van der Waals surface area (Å²) in [6.07, 6.45) is 3.24. The van der Waals surface area contributed by atoms with Crippen LogP contribution in [0.4, 0.5) is 0 Å². The fourth-order valence-corrected chi connectivity index (χ4v) is 2.37. The number of rotatable bonds is 2. The summed E-state index contributed by atoms with van der Waals surface area (Å²) in [6, 6.07) is 0. The molecule has 2 fully saturated rings. The predicted molar refractivity (Wildman–Crippen MR) is 52.6 cm³/mol. The number of carbonyl (C=O) groups excluding carboxylic acids is 1. The summed E-state index contributed by atoms with van der Waals surface area (Å²) >= 11 is 0. The zero-order chi connectivity index (χ0) is 10.2. The van der Waals surface area contributed by atoms with Crippen molar-refractivity contribution in [2.24, 2.45) is 0 Å². The molecule has 0 N–H and O–H groups in total. The molecule has 2 aliphatic heterocycles. The SMILES string of the molecule is COC(=O)[C@@]1(C)CCCN1N1CCC1. The number of ether oxygens (including phenoxy) is 1. The Hall–Kier alpha value is -0.610. The third-order valence-corrected chi connectivity index (χ3v) is 3.40. The first-order valence-corrected chi connectivity index (χ1v) is 5.29. The molecule has 0 amide bonds. The van der Waals surface area contributed by atoms with Crippen molar-refractivity contribution in [3.63, 3.8) is 0 Å². The Balaban J connectivity index is 2.11. The summed E-state index contributed by atoms with van der Waals surface area (Å²) in [7, 11) is 1.47. The molecule has 2 aliphatic rings. The summed E-state index contributed by atoms with van der Waals surface area (Å²) in [5, 5.41) is 4.46. The maximum Gasteiger partial charge on any atom is 0.327 e. The number of methoxy groups -OCH3 is 1. The van der Waals surface area contributed by atoms with Gasteiger partial charge in [0.15, 0.2) is 0 Å². The van der Waals surface area contributed by atoms with Gasteiger partial charge in [-0.05, 0) is 26.2 Å². The highest BCUT2D eigenvalue weighted by molar-refractivity contribution is 5.80. The van der Waals surface area contributed by atoms with Crippen LogP contribution in [0, 0.1) is 0 Å². The summed E-state index contributed by atoms with van der Waals surface area (Å²) in [5.74, 6) is -0.0955. The molecule has 2 heterocycles. The van der Waals surface area contributed by atoms with Gasteiger partial charge in [0, 0.05) is 19.6 Å². The topological polar surface area (TPSA) is 32.8 Å². The highest BCUT2D eigenvalue weighted by Gasteiger charge is 2.47. The van der Waals surface area contributed by atoms with E-state index in [1.807, 2.05) is 6.92 Å². The number of hydrogen-bond donors (Lipinski definition) is 0. The van der Waals surface area contributed by atoms with Crippen LogP contribution in [0.5, 0.6) is 0 Å². The number of carbonyl (C=O) groups is 1. The average Bonchev–Trinajstić information content (AvgIpc) is 2.46. The van der Waals surface area contributed by atoms with Crippen LogP contribution in [0.3, 0.4) is 0 Å². The molecular formula is C10H18N2O2. The molecule has 4 heteroatoms. The first-order chi connectivity index (χ1) is 6.68. The molecule has 0 aromatic carbocycles. The highest BCUT2D eigenvalue weighted by atomic mass is 16.5. The third-order valence-electron chi connectivity index (χ3n) is 3.40. The van der Waals surface area contributed by atoms with E-state index in [-0.39, 0.29) is 5.97 Å². The van der Waals surface area contributed by atoms with Gasteiger partial charge in [0.05, 0.1) is 7.11 Å². The van der Waals surface area contributed by atoms with E-state index in [4.69, 9.17) is 4.74 Å². The van der Waals surface area contributed by atoms with Gasteiger partial charge in [-0.15, -0.1) is 0 Å². The lowest BCUT2D eigenvalue weighted by molar-refractivity contribution is -0.173. The van der Waals surface area contributed by atoms with Crippen LogP contribution in [-0.4, -0.2) is 48.3 Å². The molecule has 2 rings (SSSR count). The standard InChI is InChI=1S/C10H18N2O2/c1-10(9(13)14-2)5-3-8-12(10)11-6-4-7-11/h3-8H2,1-2H3/t10-/m1/s1. The third kappa shape index (κ3) is 1.33. The fourth-order valence-electron chi connectivity index (χ4n) is 2.37. The molecule has 0 aromatic rings.